The molecule has 4 heteroatoms. The minimum atomic E-state index is -0.0152. The van der Waals surface area contributed by atoms with Gasteiger partial charge in [-0.05, 0) is 10.8 Å². The summed E-state index contributed by atoms with van der Waals surface area (Å²) in [6.07, 6.45) is 0. The zero-order valence-corrected chi connectivity index (χ0v) is 7.37. The lowest BCUT2D eigenvalue weighted by Crippen LogP contribution is -1.60. The largest absolute Gasteiger partial charge is 0.133 e. The van der Waals surface area contributed by atoms with Gasteiger partial charge in [0.15, 0.2) is 0 Å². The summed E-state index contributed by atoms with van der Waals surface area (Å²) in [7, 11) is 0. The van der Waals surface area contributed by atoms with Crippen LogP contribution in [0.4, 0.5) is 0 Å². The summed E-state index contributed by atoms with van der Waals surface area (Å²) in [4.78, 5) is 2.35. The van der Waals surface area contributed by atoms with Crippen molar-refractivity contribution in [1.29, 1.82) is 0 Å². The number of allylic oxidation sites excluding steroid dienone is 1. The quantitative estimate of drug-likeness (QED) is 0.564. The van der Waals surface area contributed by atoms with Crippen LogP contribution in [0.3, 0.4) is 0 Å². The van der Waals surface area contributed by atoms with E-state index in [-0.39, 0.29) is 9.52 Å². The van der Waals surface area contributed by atoms with Crippen LogP contribution < -0.4 is 0 Å². The van der Waals surface area contributed by atoms with Crippen molar-refractivity contribution in [2.75, 3.05) is 0 Å². The Hall–Kier alpha value is 0.650. The minimum absolute atomic E-state index is 0.0152. The number of hydrogen-bond acceptors (Lipinski definition) is 0. The van der Waals surface area contributed by atoms with Gasteiger partial charge >= 0.3 is 0 Å². The van der Waals surface area contributed by atoms with Crippen molar-refractivity contribution in [2.45, 2.75) is 0 Å². The van der Waals surface area contributed by atoms with E-state index in [4.69, 9.17) is 34.8 Å². The fourth-order valence-electron chi connectivity index (χ4n) is 0.0887. The monoisotopic (exact) mass is 232 g/mol. The average molecular weight is 234 g/mol. The maximum atomic E-state index is 5.33. The van der Waals surface area contributed by atoms with E-state index in [1.807, 2.05) is 0 Å². The van der Waals surface area contributed by atoms with E-state index in [0.717, 1.165) is 0 Å². The van der Waals surface area contributed by atoms with Crippen molar-refractivity contribution in [3.63, 3.8) is 0 Å². The standard InChI is InChI=1S/C4BrCl3/c5-2-1-3(6)4(7)8. The fraction of sp³-hybridized carbons (Fsp3) is 0. The van der Waals surface area contributed by atoms with E-state index >= 15 is 0 Å². The highest BCUT2D eigenvalue weighted by atomic mass is 79.9. The van der Waals surface area contributed by atoms with Crippen LogP contribution in [0.2, 0.25) is 0 Å². The van der Waals surface area contributed by atoms with Gasteiger partial charge in [0, 0.05) is 15.9 Å². The normalized spacial score (nSPS) is 7.00. The van der Waals surface area contributed by atoms with Crippen LogP contribution in [-0.2, 0) is 0 Å². The van der Waals surface area contributed by atoms with Crippen LogP contribution in [-0.4, -0.2) is 0 Å². The lowest BCUT2D eigenvalue weighted by molar-refractivity contribution is 2.08. The third-order valence-corrected chi connectivity index (χ3v) is 1.38. The molecule has 0 aliphatic rings. The van der Waals surface area contributed by atoms with Crippen molar-refractivity contribution < 1.29 is 0 Å². The molecule has 0 bridgehead atoms. The van der Waals surface area contributed by atoms with Crippen molar-refractivity contribution >= 4 is 50.7 Å². The third-order valence-electron chi connectivity index (χ3n) is 0.323. The molecule has 0 atom stereocenters. The molecule has 0 saturated carbocycles. The second-order valence-corrected chi connectivity index (χ2v) is 2.52. The molecule has 0 amide bonds. The van der Waals surface area contributed by atoms with E-state index in [1.54, 1.807) is 0 Å². The molecule has 0 aromatic heterocycles. The predicted octanol–water partition coefficient (Wildman–Crippen LogP) is 3.23. The van der Waals surface area contributed by atoms with E-state index in [9.17, 15) is 0 Å². The molecule has 0 aromatic rings. The van der Waals surface area contributed by atoms with Gasteiger partial charge in [0.2, 0.25) is 0 Å². The first-order valence-electron chi connectivity index (χ1n) is 1.51. The summed E-state index contributed by atoms with van der Waals surface area (Å²) in [6.45, 7) is 0. The first-order valence-corrected chi connectivity index (χ1v) is 3.43. The molecule has 0 spiro atoms. The van der Waals surface area contributed by atoms with Gasteiger partial charge in [-0.3, -0.25) is 0 Å². The third kappa shape index (κ3) is 3.63. The molecule has 0 nitrogen and oxygen atoms in total. The second kappa shape index (κ2) is 4.52. The molecule has 0 rings (SSSR count). The summed E-state index contributed by atoms with van der Waals surface area (Å²) in [5.74, 6) is 2.39. The second-order valence-electron chi connectivity index (χ2n) is 0.794. The van der Waals surface area contributed by atoms with Gasteiger partial charge in [-0.2, -0.15) is 0 Å². The lowest BCUT2D eigenvalue weighted by atomic mass is 10.7. The fourth-order valence-corrected chi connectivity index (χ4v) is 0.543. The van der Waals surface area contributed by atoms with Gasteiger partial charge in [-0.1, -0.05) is 34.8 Å². The molecule has 0 aliphatic heterocycles. The van der Waals surface area contributed by atoms with E-state index in [1.165, 1.54) is 0 Å². The molecule has 0 aliphatic carbocycles. The Balaban J connectivity index is 4.16. The summed E-state index contributed by atoms with van der Waals surface area (Å²) in [5, 5.41) is 0.144. The molecular formula is C4BrCl3. The molecule has 0 saturated heterocycles. The Morgan fingerprint density at radius 2 is 1.75 bits per heavy atom. The maximum Gasteiger partial charge on any atom is 0.133 e. The molecule has 8 heavy (non-hydrogen) atoms. The molecular weight excluding hydrogens is 234 g/mol. The Kier molecular flexibility index (Phi) is 4.89. The molecule has 0 fully saturated rings. The van der Waals surface area contributed by atoms with Gasteiger partial charge in [0.1, 0.15) is 9.52 Å². The van der Waals surface area contributed by atoms with E-state index in [2.05, 4.69) is 26.7 Å². The van der Waals surface area contributed by atoms with Crippen LogP contribution in [0, 0.1) is 10.8 Å². The Morgan fingerprint density at radius 3 is 1.88 bits per heavy atom. The van der Waals surface area contributed by atoms with Crippen LogP contribution in [0.25, 0.3) is 0 Å². The highest BCUT2D eigenvalue weighted by molar-refractivity contribution is 9.12. The SMILES string of the molecule is ClC(Cl)=C(Cl)C#CBr. The van der Waals surface area contributed by atoms with Gasteiger partial charge in [0.05, 0.1) is 0 Å². The zero-order chi connectivity index (χ0) is 6.57. The maximum absolute atomic E-state index is 5.33. The van der Waals surface area contributed by atoms with Crippen molar-refractivity contribution in [1.82, 2.24) is 0 Å². The Labute approximate surface area is 70.9 Å². The van der Waals surface area contributed by atoms with Crippen LogP contribution in [0.15, 0.2) is 9.52 Å². The zero-order valence-electron chi connectivity index (χ0n) is 3.51. The van der Waals surface area contributed by atoms with Gasteiger partial charge in [-0.25, -0.2) is 0 Å². The van der Waals surface area contributed by atoms with Gasteiger partial charge in [-0.15, -0.1) is 0 Å². The summed E-state index contributed by atoms with van der Waals surface area (Å²) < 4.78 is -0.0152. The molecule has 0 heterocycles. The van der Waals surface area contributed by atoms with Crippen LogP contribution >= 0.6 is 50.7 Å². The first kappa shape index (κ1) is 8.65. The molecule has 44 valence electrons. The number of rotatable bonds is 0. The topological polar surface area (TPSA) is 0 Å². The van der Waals surface area contributed by atoms with E-state index in [0.29, 0.717) is 0 Å². The smallest absolute Gasteiger partial charge is 0.0717 e. The van der Waals surface area contributed by atoms with Gasteiger partial charge < -0.3 is 0 Å². The van der Waals surface area contributed by atoms with Crippen LogP contribution in [0.1, 0.15) is 0 Å². The summed E-state index contributed by atoms with van der Waals surface area (Å²) in [6, 6.07) is 0. The summed E-state index contributed by atoms with van der Waals surface area (Å²) in [5.41, 5.74) is 0. The van der Waals surface area contributed by atoms with Gasteiger partial charge in [0.25, 0.3) is 0 Å². The van der Waals surface area contributed by atoms with Crippen molar-refractivity contribution in [2.24, 2.45) is 0 Å². The highest BCUT2D eigenvalue weighted by Crippen LogP contribution is 2.16. The van der Waals surface area contributed by atoms with Crippen molar-refractivity contribution in [3.8, 4) is 10.8 Å². The van der Waals surface area contributed by atoms with Crippen LogP contribution in [0.5, 0.6) is 0 Å². The van der Waals surface area contributed by atoms with Crippen molar-refractivity contribution in [3.05, 3.63) is 9.52 Å². The molecule has 0 radical (unpaired) electrons. The molecule has 0 aromatic carbocycles. The lowest BCUT2D eigenvalue weighted by Gasteiger charge is -1.79. The molecule has 0 unspecified atom stereocenters. The molecule has 0 N–H and O–H groups in total. The highest BCUT2D eigenvalue weighted by Gasteiger charge is 1.90. The predicted molar refractivity (Wildman–Crippen MR) is 41.3 cm³/mol. The van der Waals surface area contributed by atoms with E-state index < -0.39 is 0 Å². The first-order chi connectivity index (χ1) is 3.68. The minimum Gasteiger partial charge on any atom is -0.0717 e. The number of hydrogen-bond donors (Lipinski definition) is 0. The number of halogens is 4. The summed E-state index contributed by atoms with van der Waals surface area (Å²) >= 11 is 18.5. The Morgan fingerprint density at radius 1 is 1.25 bits per heavy atom. The average Bonchev–Trinajstić information content (AvgIpc) is 1.67. The Bertz CT molecular complexity index is 158.